The van der Waals surface area contributed by atoms with Crippen LogP contribution < -0.4 is 5.43 Å². The van der Waals surface area contributed by atoms with Gasteiger partial charge in [-0.05, 0) is 41.1 Å². The number of halogens is 2. The van der Waals surface area contributed by atoms with Crippen LogP contribution in [0.4, 0.5) is 0 Å². The van der Waals surface area contributed by atoms with Crippen LogP contribution in [0.5, 0.6) is 0 Å². The fourth-order valence-electron chi connectivity index (χ4n) is 2.83. The minimum atomic E-state index is -0.571. The van der Waals surface area contributed by atoms with E-state index in [1.807, 2.05) is 6.07 Å². The van der Waals surface area contributed by atoms with E-state index in [1.165, 1.54) is 6.92 Å². The predicted molar refractivity (Wildman–Crippen MR) is 110 cm³/mol. The topological polar surface area (TPSA) is 90.8 Å². The molecule has 0 bridgehead atoms. The number of rotatable bonds is 3. The summed E-state index contributed by atoms with van der Waals surface area (Å²) in [4.78, 5) is 28.4. The average Bonchev–Trinajstić information content (AvgIpc) is 2.65. The van der Waals surface area contributed by atoms with E-state index in [0.717, 1.165) is 0 Å². The minimum absolute atomic E-state index is 0.0747. The summed E-state index contributed by atoms with van der Waals surface area (Å²) in [5.74, 6) is -0.509. The van der Waals surface area contributed by atoms with Gasteiger partial charge in [-0.25, -0.2) is 4.21 Å². The first-order valence-electron chi connectivity index (χ1n) is 7.62. The quantitative estimate of drug-likeness (QED) is 0.474. The number of ketones is 1. The van der Waals surface area contributed by atoms with Crippen LogP contribution in [0.2, 0.25) is 5.02 Å². The van der Waals surface area contributed by atoms with Gasteiger partial charge >= 0.3 is 0 Å². The fourth-order valence-corrected chi connectivity index (χ4v) is 4.01. The second-order valence-electron chi connectivity index (χ2n) is 5.61. The fraction of sp³-hybridized carbons (Fsp3) is 0.0526. The van der Waals surface area contributed by atoms with Gasteiger partial charge in [-0.1, -0.05) is 29.8 Å². The third-order valence-corrected chi connectivity index (χ3v) is 5.58. The Kier molecular flexibility index (Phi) is 5.42. The van der Waals surface area contributed by atoms with Crippen molar-refractivity contribution in [2.75, 3.05) is 0 Å². The number of benzene rings is 2. The van der Waals surface area contributed by atoms with E-state index < -0.39 is 11.2 Å². The number of hydrogen-bond donors (Lipinski definition) is 1. The molecule has 134 valence electrons. The van der Waals surface area contributed by atoms with E-state index in [9.17, 15) is 19.1 Å². The summed E-state index contributed by atoms with van der Waals surface area (Å²) < 4.78 is 12.5. The molecule has 0 amide bonds. The molecule has 1 heterocycles. The molecule has 0 saturated heterocycles. The second kappa shape index (κ2) is 7.61. The van der Waals surface area contributed by atoms with Crippen molar-refractivity contribution in [3.63, 3.8) is 0 Å². The number of carbonyl (C=O) groups is 1. The van der Waals surface area contributed by atoms with Crippen LogP contribution in [0.15, 0.2) is 45.7 Å². The molecule has 1 aromatic heterocycles. The highest BCUT2D eigenvalue weighted by Gasteiger charge is 2.24. The zero-order chi connectivity index (χ0) is 19.7. The average molecular weight is 462 g/mol. The molecule has 0 radical (unpaired) electrons. The van der Waals surface area contributed by atoms with Crippen molar-refractivity contribution >= 4 is 60.3 Å². The van der Waals surface area contributed by atoms with Gasteiger partial charge < -0.3 is 4.98 Å². The lowest BCUT2D eigenvalue weighted by molar-refractivity contribution is 0.101. The minimum Gasteiger partial charge on any atom is -0.352 e. The number of pyridine rings is 1. The monoisotopic (exact) mass is 460 g/mol. The van der Waals surface area contributed by atoms with Crippen LogP contribution in [0.3, 0.4) is 0 Å². The molecular weight excluding hydrogens is 452 g/mol. The first-order valence-corrected chi connectivity index (χ1v) is 9.53. The Morgan fingerprint density at radius 1 is 1.26 bits per heavy atom. The van der Waals surface area contributed by atoms with Crippen LogP contribution in [-0.2, 0) is 11.3 Å². The van der Waals surface area contributed by atoms with Crippen molar-refractivity contribution in [3.05, 3.63) is 78.5 Å². The highest BCUT2D eigenvalue weighted by molar-refractivity contribution is 9.10. The van der Waals surface area contributed by atoms with Gasteiger partial charge in [0.05, 0.1) is 50.1 Å². The third-order valence-electron chi connectivity index (χ3n) is 4.01. The molecule has 0 aliphatic carbocycles. The molecule has 8 heteroatoms. The number of nitriles is 1. The largest absolute Gasteiger partial charge is 0.352 e. The third kappa shape index (κ3) is 3.28. The molecular formula is C19H10BrClN2O3S. The number of aromatic nitrogens is 1. The Morgan fingerprint density at radius 3 is 2.59 bits per heavy atom. The maximum absolute atomic E-state index is 13.0. The molecule has 0 aliphatic heterocycles. The molecule has 0 fully saturated rings. The number of hydrogen-bond acceptors (Lipinski definition) is 4. The predicted octanol–water partition coefficient (Wildman–Crippen LogP) is 3.80. The number of Topliss-reactive ketones (excluding diaryl/α,β-unsaturated/α-hetero) is 1. The van der Waals surface area contributed by atoms with E-state index in [2.05, 4.69) is 20.9 Å². The molecule has 1 N–H and O–H groups in total. The maximum atomic E-state index is 13.0. The molecule has 27 heavy (non-hydrogen) atoms. The van der Waals surface area contributed by atoms with E-state index in [1.54, 1.807) is 36.4 Å². The van der Waals surface area contributed by atoms with Gasteiger partial charge in [0.2, 0.25) is 5.43 Å². The standard InChI is InChI=1S/C19H10BrClN2O3S/c1-9(24)14-17(19(27-26)11-5-3-2-4-10(11)8-22)23-16-12(20)6-7-13(21)15(16)18(14)25/h2-7H,1H3,(H,23,25). The molecule has 0 atom stereocenters. The molecule has 0 saturated carbocycles. The number of carbonyl (C=O) groups excluding carboxylic acids is 1. The summed E-state index contributed by atoms with van der Waals surface area (Å²) in [5.41, 5.74) is 0.304. The van der Waals surface area contributed by atoms with Crippen molar-refractivity contribution in [2.45, 2.75) is 6.92 Å². The number of nitrogens with one attached hydrogen (secondary N) is 1. The zero-order valence-corrected chi connectivity index (χ0v) is 17.0. The smallest absolute Gasteiger partial charge is 0.202 e. The Bertz CT molecular complexity index is 1270. The highest BCUT2D eigenvalue weighted by Crippen LogP contribution is 2.28. The SMILES string of the molecule is CC(=O)c1c(C(=S=O)c2ccccc2C#N)[nH]c2c(Br)ccc(Cl)c2c1=O. The highest BCUT2D eigenvalue weighted by atomic mass is 79.9. The number of aromatic amines is 1. The number of H-pyrrole nitrogens is 1. The Balaban J connectivity index is 2.51. The van der Waals surface area contributed by atoms with Crippen LogP contribution in [-0.4, -0.2) is 19.8 Å². The summed E-state index contributed by atoms with van der Waals surface area (Å²) in [6.45, 7) is 1.25. The van der Waals surface area contributed by atoms with E-state index in [4.69, 9.17) is 11.6 Å². The van der Waals surface area contributed by atoms with E-state index in [0.29, 0.717) is 15.6 Å². The molecule has 0 unspecified atom stereocenters. The first kappa shape index (κ1) is 19.2. The summed E-state index contributed by atoms with van der Waals surface area (Å²) in [6, 6.07) is 11.7. The number of nitrogens with zero attached hydrogens (tertiary/aromatic N) is 1. The van der Waals surface area contributed by atoms with Crippen molar-refractivity contribution < 1.29 is 9.00 Å². The van der Waals surface area contributed by atoms with Crippen LogP contribution >= 0.6 is 27.5 Å². The zero-order valence-electron chi connectivity index (χ0n) is 13.8. The lowest BCUT2D eigenvalue weighted by Gasteiger charge is -2.13. The van der Waals surface area contributed by atoms with E-state index >= 15 is 0 Å². The van der Waals surface area contributed by atoms with E-state index in [-0.39, 0.29) is 43.3 Å². The lowest BCUT2D eigenvalue weighted by Crippen LogP contribution is -2.23. The van der Waals surface area contributed by atoms with Crippen molar-refractivity contribution in [3.8, 4) is 6.07 Å². The summed E-state index contributed by atoms with van der Waals surface area (Å²) in [5, 5.41) is 9.70. The van der Waals surface area contributed by atoms with Gasteiger partial charge in [0, 0.05) is 10.0 Å². The molecule has 3 rings (SSSR count). The van der Waals surface area contributed by atoms with Gasteiger partial charge in [-0.3, -0.25) is 9.59 Å². The van der Waals surface area contributed by atoms with Crippen LogP contribution in [0.25, 0.3) is 10.9 Å². The van der Waals surface area contributed by atoms with Gasteiger partial charge in [0.1, 0.15) is 4.86 Å². The Hall–Kier alpha value is -2.53. The van der Waals surface area contributed by atoms with Gasteiger partial charge in [-0.2, -0.15) is 5.26 Å². The molecule has 2 aromatic carbocycles. The normalized spacial score (nSPS) is 10.4. The molecule has 0 aliphatic rings. The van der Waals surface area contributed by atoms with Gasteiger partial charge in [0.25, 0.3) is 0 Å². The molecule has 5 nitrogen and oxygen atoms in total. The summed E-state index contributed by atoms with van der Waals surface area (Å²) >= 11 is 9.64. The van der Waals surface area contributed by atoms with Gasteiger partial charge in [-0.15, -0.1) is 0 Å². The number of fused-ring (bicyclic) bond motifs is 1. The first-order chi connectivity index (χ1) is 12.9. The second-order valence-corrected chi connectivity index (χ2v) is 7.45. The van der Waals surface area contributed by atoms with Crippen molar-refractivity contribution in [1.29, 1.82) is 5.26 Å². The van der Waals surface area contributed by atoms with Crippen LogP contribution in [0, 0.1) is 11.3 Å². The maximum Gasteiger partial charge on any atom is 0.202 e. The molecule has 0 spiro atoms. The summed E-state index contributed by atoms with van der Waals surface area (Å²) in [7, 11) is 0. The molecule has 3 aromatic rings. The Morgan fingerprint density at radius 2 is 1.96 bits per heavy atom. The van der Waals surface area contributed by atoms with Crippen molar-refractivity contribution in [1.82, 2.24) is 4.98 Å². The summed E-state index contributed by atoms with van der Waals surface area (Å²) in [6.07, 6.45) is 0. The lowest BCUT2D eigenvalue weighted by atomic mass is 9.97. The van der Waals surface area contributed by atoms with Crippen molar-refractivity contribution in [2.24, 2.45) is 0 Å². The van der Waals surface area contributed by atoms with Crippen LogP contribution in [0.1, 0.15) is 34.1 Å². The van der Waals surface area contributed by atoms with Gasteiger partial charge in [0.15, 0.2) is 5.78 Å². The Labute approximate surface area is 170 Å².